The van der Waals surface area contributed by atoms with Crippen molar-refractivity contribution < 1.29 is 13.5 Å². The molecule has 0 spiro atoms. The molecule has 1 aliphatic carbocycles. The molecule has 0 heterocycles. The minimum atomic E-state index is -2.30. The second kappa shape index (κ2) is 6.00. The van der Waals surface area contributed by atoms with Gasteiger partial charge in [0.25, 0.3) is 0 Å². The van der Waals surface area contributed by atoms with Crippen molar-refractivity contribution in [3.05, 3.63) is 29.8 Å². The fraction of sp³-hybridized carbons (Fsp3) is 0.538. The average Bonchev–Trinajstić information content (AvgIpc) is 2.41. The largest absolute Gasteiger partial charge is 0.760 e. The second-order valence-corrected chi connectivity index (χ2v) is 5.66. The molecule has 1 fully saturated rings. The summed E-state index contributed by atoms with van der Waals surface area (Å²) in [6.45, 7) is 0. The number of nitrogens with one attached hydrogen (secondary N) is 1. The third kappa shape index (κ3) is 3.33. The van der Waals surface area contributed by atoms with Crippen LogP contribution in [0.2, 0.25) is 0 Å². The monoisotopic (exact) mass is 283 g/mol. The molecule has 106 valence electrons. The highest BCUT2D eigenvalue weighted by Crippen LogP contribution is 2.38. The standard InChI is InChI=1S/C13H20N2O3S/c1-18-12-4-2-3-10(9-12)13(15-19(16)17)7-5-11(14)6-8-13/h2-4,9,11,15H,5-8,14H2,1H3,(H,16,17)/p-1. The molecule has 0 radical (unpaired) electrons. The normalized spacial score (nSPS) is 28.9. The Hall–Kier alpha value is -0.950. The van der Waals surface area contributed by atoms with Crippen molar-refractivity contribution >= 4 is 11.3 Å². The van der Waals surface area contributed by atoms with Gasteiger partial charge < -0.3 is 15.0 Å². The predicted octanol–water partition coefficient (Wildman–Crippen LogP) is 1.18. The van der Waals surface area contributed by atoms with E-state index in [-0.39, 0.29) is 6.04 Å². The molecule has 0 aromatic heterocycles. The lowest BCUT2D eigenvalue weighted by Crippen LogP contribution is -2.48. The van der Waals surface area contributed by atoms with E-state index in [0.29, 0.717) is 12.8 Å². The van der Waals surface area contributed by atoms with Gasteiger partial charge in [-0.1, -0.05) is 12.1 Å². The van der Waals surface area contributed by atoms with E-state index in [1.807, 2.05) is 24.3 Å². The third-order valence-electron chi connectivity index (χ3n) is 3.78. The van der Waals surface area contributed by atoms with Gasteiger partial charge in [-0.3, -0.25) is 4.21 Å². The van der Waals surface area contributed by atoms with Crippen LogP contribution in [0.15, 0.2) is 24.3 Å². The van der Waals surface area contributed by atoms with Gasteiger partial charge in [0.05, 0.1) is 12.6 Å². The van der Waals surface area contributed by atoms with Gasteiger partial charge in [-0.25, -0.2) is 4.72 Å². The van der Waals surface area contributed by atoms with Crippen LogP contribution in [-0.4, -0.2) is 21.9 Å². The van der Waals surface area contributed by atoms with Gasteiger partial charge in [0.2, 0.25) is 0 Å². The van der Waals surface area contributed by atoms with E-state index in [2.05, 4.69) is 4.72 Å². The van der Waals surface area contributed by atoms with Crippen molar-refractivity contribution in [1.82, 2.24) is 4.72 Å². The Morgan fingerprint density at radius 3 is 2.74 bits per heavy atom. The van der Waals surface area contributed by atoms with Crippen molar-refractivity contribution in [2.75, 3.05) is 7.11 Å². The highest BCUT2D eigenvalue weighted by atomic mass is 32.2. The van der Waals surface area contributed by atoms with Gasteiger partial charge in [0, 0.05) is 17.3 Å². The lowest BCUT2D eigenvalue weighted by Gasteiger charge is -2.41. The van der Waals surface area contributed by atoms with Crippen molar-refractivity contribution in [1.29, 1.82) is 0 Å². The Balaban J connectivity index is 2.33. The van der Waals surface area contributed by atoms with Crippen LogP contribution < -0.4 is 15.2 Å². The number of ether oxygens (including phenoxy) is 1. The van der Waals surface area contributed by atoms with E-state index in [1.165, 1.54) is 0 Å². The molecule has 1 aliphatic rings. The minimum absolute atomic E-state index is 0.153. The molecular formula is C13H19N2O3S-. The Bertz CT molecular complexity index is 459. The smallest absolute Gasteiger partial charge is 0.119 e. The van der Waals surface area contributed by atoms with Gasteiger partial charge in [-0.2, -0.15) is 0 Å². The van der Waals surface area contributed by atoms with Crippen molar-refractivity contribution in [3.63, 3.8) is 0 Å². The van der Waals surface area contributed by atoms with Crippen LogP contribution in [0.1, 0.15) is 31.2 Å². The summed E-state index contributed by atoms with van der Waals surface area (Å²) in [5.41, 5.74) is 6.29. The highest BCUT2D eigenvalue weighted by Gasteiger charge is 2.36. The highest BCUT2D eigenvalue weighted by molar-refractivity contribution is 7.77. The topological polar surface area (TPSA) is 87.4 Å². The van der Waals surface area contributed by atoms with Gasteiger partial charge in [0.1, 0.15) is 5.75 Å². The lowest BCUT2D eigenvalue weighted by atomic mass is 9.76. The molecule has 1 saturated carbocycles. The van der Waals surface area contributed by atoms with E-state index >= 15 is 0 Å². The zero-order valence-electron chi connectivity index (χ0n) is 10.9. The first-order chi connectivity index (χ1) is 9.05. The van der Waals surface area contributed by atoms with E-state index in [4.69, 9.17) is 10.5 Å². The number of hydrogen-bond donors (Lipinski definition) is 2. The summed E-state index contributed by atoms with van der Waals surface area (Å²) in [6.07, 6.45) is 3.02. The first-order valence-electron chi connectivity index (χ1n) is 6.33. The van der Waals surface area contributed by atoms with Crippen LogP contribution in [0.3, 0.4) is 0 Å². The first-order valence-corrected chi connectivity index (χ1v) is 7.40. The van der Waals surface area contributed by atoms with Crippen LogP contribution in [0.5, 0.6) is 5.75 Å². The van der Waals surface area contributed by atoms with E-state index in [9.17, 15) is 8.76 Å². The van der Waals surface area contributed by atoms with Crippen LogP contribution in [-0.2, 0) is 16.8 Å². The molecule has 0 amide bonds. The number of nitrogens with two attached hydrogens (primary N) is 1. The number of rotatable bonds is 4. The summed E-state index contributed by atoms with van der Waals surface area (Å²) in [7, 11) is 1.60. The van der Waals surface area contributed by atoms with Crippen molar-refractivity contribution in [3.8, 4) is 5.75 Å². The quantitative estimate of drug-likeness (QED) is 0.812. The molecule has 0 saturated heterocycles. The van der Waals surface area contributed by atoms with Crippen LogP contribution in [0.25, 0.3) is 0 Å². The third-order valence-corrected chi connectivity index (χ3v) is 4.34. The lowest BCUT2D eigenvalue weighted by molar-refractivity contribution is 0.250. The number of benzene rings is 1. The molecule has 0 aliphatic heterocycles. The molecule has 1 aromatic rings. The maximum absolute atomic E-state index is 11.1. The second-order valence-electron chi connectivity index (χ2n) is 4.99. The van der Waals surface area contributed by atoms with E-state index in [1.54, 1.807) is 7.11 Å². The van der Waals surface area contributed by atoms with Gasteiger partial charge in [-0.15, -0.1) is 0 Å². The van der Waals surface area contributed by atoms with Crippen LogP contribution >= 0.6 is 0 Å². The van der Waals surface area contributed by atoms with Gasteiger partial charge in [0.15, 0.2) is 0 Å². The zero-order valence-corrected chi connectivity index (χ0v) is 11.7. The summed E-state index contributed by atoms with van der Waals surface area (Å²) in [5.74, 6) is 0.727. The summed E-state index contributed by atoms with van der Waals surface area (Å²) in [5, 5.41) is 0. The molecule has 0 bridgehead atoms. The van der Waals surface area contributed by atoms with Crippen molar-refractivity contribution in [2.45, 2.75) is 37.3 Å². The Labute approximate surface area is 115 Å². The van der Waals surface area contributed by atoms with E-state index < -0.39 is 16.8 Å². The summed E-state index contributed by atoms with van der Waals surface area (Å²) in [6, 6.07) is 7.69. The minimum Gasteiger partial charge on any atom is -0.760 e. The van der Waals surface area contributed by atoms with Crippen LogP contribution in [0, 0.1) is 0 Å². The Morgan fingerprint density at radius 1 is 1.47 bits per heavy atom. The maximum Gasteiger partial charge on any atom is 0.119 e. The molecule has 1 aromatic carbocycles. The zero-order chi connectivity index (χ0) is 13.9. The molecule has 3 N–H and O–H groups in total. The first kappa shape index (κ1) is 14.5. The molecule has 1 unspecified atom stereocenters. The molecule has 2 rings (SSSR count). The summed E-state index contributed by atoms with van der Waals surface area (Å²) >= 11 is -2.30. The van der Waals surface area contributed by atoms with Gasteiger partial charge >= 0.3 is 0 Å². The predicted molar refractivity (Wildman–Crippen MR) is 73.2 cm³/mol. The Morgan fingerprint density at radius 2 is 2.16 bits per heavy atom. The molecule has 1 atom stereocenters. The maximum atomic E-state index is 11.1. The fourth-order valence-corrected chi connectivity index (χ4v) is 3.30. The van der Waals surface area contributed by atoms with Crippen molar-refractivity contribution in [2.24, 2.45) is 5.73 Å². The number of hydrogen-bond acceptors (Lipinski definition) is 4. The SMILES string of the molecule is COc1cccc(C2(NS(=O)[O-])CCC(N)CC2)c1. The number of methoxy groups -OCH3 is 1. The summed E-state index contributed by atoms with van der Waals surface area (Å²) < 4.78 is 30.1. The van der Waals surface area contributed by atoms with E-state index in [0.717, 1.165) is 24.2 Å². The Kier molecular flexibility index (Phi) is 4.57. The molecular weight excluding hydrogens is 264 g/mol. The molecule has 6 heteroatoms. The van der Waals surface area contributed by atoms with Gasteiger partial charge in [-0.05, 0) is 43.4 Å². The summed E-state index contributed by atoms with van der Waals surface area (Å²) in [4.78, 5) is 0. The molecule has 19 heavy (non-hydrogen) atoms. The van der Waals surface area contributed by atoms with Crippen LogP contribution in [0.4, 0.5) is 0 Å². The molecule has 5 nitrogen and oxygen atoms in total. The average molecular weight is 283 g/mol. The fourth-order valence-electron chi connectivity index (χ4n) is 2.66.